The number of nitrogens with two attached hydrogens (primary N) is 1. The van der Waals surface area contributed by atoms with E-state index in [9.17, 15) is 4.79 Å². The minimum absolute atomic E-state index is 0.0538. The molecule has 1 amide bonds. The first kappa shape index (κ1) is 13.5. The van der Waals surface area contributed by atoms with Crippen LogP contribution < -0.4 is 5.73 Å². The summed E-state index contributed by atoms with van der Waals surface area (Å²) in [7, 11) is 1.82. The van der Waals surface area contributed by atoms with Crippen molar-refractivity contribution in [2.45, 2.75) is 45.3 Å². The van der Waals surface area contributed by atoms with Crippen LogP contribution in [0.25, 0.3) is 0 Å². The lowest BCUT2D eigenvalue weighted by atomic mass is 9.82. The summed E-state index contributed by atoms with van der Waals surface area (Å²) in [5, 5.41) is 9.16. The highest BCUT2D eigenvalue weighted by molar-refractivity contribution is 5.76. The Balaban J connectivity index is 2.25. The van der Waals surface area contributed by atoms with E-state index in [0.29, 0.717) is 18.3 Å². The molecule has 0 aromatic rings. The summed E-state index contributed by atoms with van der Waals surface area (Å²) < 4.78 is 0. The summed E-state index contributed by atoms with van der Waals surface area (Å²) in [5.41, 5.74) is 5.87. The molecule has 1 atom stereocenters. The van der Waals surface area contributed by atoms with Gasteiger partial charge in [0.15, 0.2) is 0 Å². The normalized spacial score (nSPS) is 26.4. The van der Waals surface area contributed by atoms with Crippen molar-refractivity contribution in [2.75, 3.05) is 13.6 Å². The predicted molar refractivity (Wildman–Crippen MR) is 63.8 cm³/mol. The van der Waals surface area contributed by atoms with Gasteiger partial charge in [-0.15, -0.1) is 0 Å². The van der Waals surface area contributed by atoms with Crippen molar-refractivity contribution in [3.8, 4) is 0 Å². The van der Waals surface area contributed by atoms with Crippen LogP contribution in [0, 0.1) is 11.8 Å². The topological polar surface area (TPSA) is 66.6 Å². The summed E-state index contributed by atoms with van der Waals surface area (Å²) in [6, 6.07) is -0.0538. The molecule has 1 rings (SSSR count). The Morgan fingerprint density at radius 2 is 2.06 bits per heavy atom. The number of nitrogens with zero attached hydrogens (tertiary/aromatic N) is 1. The minimum Gasteiger partial charge on any atom is -0.393 e. The number of hydrogen-bond donors (Lipinski definition) is 2. The van der Waals surface area contributed by atoms with Gasteiger partial charge in [0.2, 0.25) is 5.91 Å². The van der Waals surface area contributed by atoms with Crippen LogP contribution >= 0.6 is 0 Å². The Morgan fingerprint density at radius 1 is 1.50 bits per heavy atom. The molecule has 0 saturated heterocycles. The van der Waals surface area contributed by atoms with Crippen molar-refractivity contribution in [3.05, 3.63) is 0 Å². The second-order valence-electron chi connectivity index (χ2n) is 5.38. The number of carbonyl (C=O) groups excluding carboxylic acids is 1. The molecule has 0 bridgehead atoms. The van der Waals surface area contributed by atoms with Crippen LogP contribution in [-0.2, 0) is 4.79 Å². The number of amides is 1. The maximum absolute atomic E-state index is 11.8. The highest BCUT2D eigenvalue weighted by Crippen LogP contribution is 2.27. The van der Waals surface area contributed by atoms with Crippen LogP contribution in [0.4, 0.5) is 0 Å². The Bertz CT molecular complexity index is 237. The van der Waals surface area contributed by atoms with Gasteiger partial charge in [-0.05, 0) is 24.7 Å². The van der Waals surface area contributed by atoms with Gasteiger partial charge in [0.05, 0.1) is 6.10 Å². The van der Waals surface area contributed by atoms with E-state index in [0.717, 1.165) is 19.4 Å². The smallest absolute Gasteiger partial charge is 0.223 e. The van der Waals surface area contributed by atoms with E-state index in [1.165, 1.54) is 0 Å². The summed E-state index contributed by atoms with van der Waals surface area (Å²) in [6.07, 6.45) is 1.93. The summed E-state index contributed by atoms with van der Waals surface area (Å²) in [5.74, 6) is 0.921. The molecule has 94 valence electrons. The van der Waals surface area contributed by atoms with Crippen LogP contribution in [0.5, 0.6) is 0 Å². The fraction of sp³-hybridized carbons (Fsp3) is 0.917. The standard InChI is InChI=1S/C12H24N2O2/c1-8(2)11(13)6-12(16)14(3)7-9-4-10(15)5-9/h8-11,15H,4-7,13H2,1-3H3. The lowest BCUT2D eigenvalue weighted by molar-refractivity contribution is -0.132. The third-order valence-corrected chi connectivity index (χ3v) is 3.44. The molecule has 1 fully saturated rings. The molecule has 0 aliphatic heterocycles. The van der Waals surface area contributed by atoms with Gasteiger partial charge in [-0.2, -0.15) is 0 Å². The third kappa shape index (κ3) is 3.76. The molecule has 0 heterocycles. The third-order valence-electron chi connectivity index (χ3n) is 3.44. The van der Waals surface area contributed by atoms with E-state index in [1.807, 2.05) is 20.9 Å². The second kappa shape index (κ2) is 5.64. The zero-order valence-electron chi connectivity index (χ0n) is 10.5. The largest absolute Gasteiger partial charge is 0.393 e. The molecule has 1 aliphatic carbocycles. The Kier molecular flexibility index (Phi) is 4.74. The molecular formula is C12H24N2O2. The highest BCUT2D eigenvalue weighted by atomic mass is 16.3. The van der Waals surface area contributed by atoms with E-state index in [4.69, 9.17) is 10.8 Å². The maximum atomic E-state index is 11.8. The van der Waals surface area contributed by atoms with E-state index < -0.39 is 0 Å². The van der Waals surface area contributed by atoms with E-state index in [2.05, 4.69) is 0 Å². The zero-order valence-corrected chi connectivity index (χ0v) is 10.5. The fourth-order valence-corrected chi connectivity index (χ4v) is 1.93. The summed E-state index contributed by atoms with van der Waals surface area (Å²) >= 11 is 0. The fourth-order valence-electron chi connectivity index (χ4n) is 1.93. The Labute approximate surface area is 97.8 Å². The lowest BCUT2D eigenvalue weighted by Crippen LogP contribution is -2.42. The molecule has 0 aromatic carbocycles. The van der Waals surface area contributed by atoms with Crippen molar-refractivity contribution in [2.24, 2.45) is 17.6 Å². The van der Waals surface area contributed by atoms with Crippen molar-refractivity contribution in [1.82, 2.24) is 4.90 Å². The quantitative estimate of drug-likeness (QED) is 0.723. The molecule has 1 unspecified atom stereocenters. The van der Waals surface area contributed by atoms with Crippen LogP contribution in [0.15, 0.2) is 0 Å². The van der Waals surface area contributed by atoms with E-state index in [1.54, 1.807) is 4.90 Å². The number of aliphatic hydroxyl groups excluding tert-OH is 1. The van der Waals surface area contributed by atoms with E-state index in [-0.39, 0.29) is 18.1 Å². The molecule has 0 radical (unpaired) electrons. The molecule has 0 aromatic heterocycles. The van der Waals surface area contributed by atoms with Gasteiger partial charge in [0.1, 0.15) is 0 Å². The lowest BCUT2D eigenvalue weighted by Gasteiger charge is -2.34. The van der Waals surface area contributed by atoms with Crippen LogP contribution in [0.2, 0.25) is 0 Å². The first-order valence-corrected chi connectivity index (χ1v) is 6.07. The van der Waals surface area contributed by atoms with Gasteiger partial charge in [-0.1, -0.05) is 13.8 Å². The molecule has 0 spiro atoms. The first-order valence-electron chi connectivity index (χ1n) is 6.07. The number of rotatable bonds is 5. The molecular weight excluding hydrogens is 204 g/mol. The van der Waals surface area contributed by atoms with Gasteiger partial charge < -0.3 is 15.7 Å². The average Bonchev–Trinajstić information content (AvgIpc) is 2.14. The number of aliphatic hydroxyl groups is 1. The average molecular weight is 228 g/mol. The Morgan fingerprint density at radius 3 is 2.50 bits per heavy atom. The monoisotopic (exact) mass is 228 g/mol. The molecule has 3 N–H and O–H groups in total. The van der Waals surface area contributed by atoms with Gasteiger partial charge in [0.25, 0.3) is 0 Å². The summed E-state index contributed by atoms with van der Waals surface area (Å²) in [4.78, 5) is 13.5. The van der Waals surface area contributed by atoms with Crippen molar-refractivity contribution < 1.29 is 9.90 Å². The molecule has 1 aliphatic rings. The molecule has 4 nitrogen and oxygen atoms in total. The van der Waals surface area contributed by atoms with Crippen molar-refractivity contribution in [3.63, 3.8) is 0 Å². The van der Waals surface area contributed by atoms with Gasteiger partial charge in [0, 0.05) is 26.1 Å². The first-order chi connectivity index (χ1) is 7.40. The SMILES string of the molecule is CC(C)C(N)CC(=O)N(C)CC1CC(O)C1. The van der Waals surface area contributed by atoms with Crippen LogP contribution in [0.1, 0.15) is 33.1 Å². The predicted octanol–water partition coefficient (Wildman–Crippen LogP) is 0.589. The number of hydrogen-bond acceptors (Lipinski definition) is 3. The molecule has 4 heteroatoms. The van der Waals surface area contributed by atoms with Crippen LogP contribution in [-0.4, -0.2) is 41.7 Å². The molecule has 16 heavy (non-hydrogen) atoms. The van der Waals surface area contributed by atoms with Gasteiger partial charge in [-0.25, -0.2) is 0 Å². The zero-order chi connectivity index (χ0) is 12.3. The van der Waals surface area contributed by atoms with Crippen molar-refractivity contribution in [1.29, 1.82) is 0 Å². The second-order valence-corrected chi connectivity index (χ2v) is 5.38. The summed E-state index contributed by atoms with van der Waals surface area (Å²) in [6.45, 7) is 4.81. The minimum atomic E-state index is -0.147. The maximum Gasteiger partial charge on any atom is 0.223 e. The van der Waals surface area contributed by atoms with Crippen molar-refractivity contribution >= 4 is 5.91 Å². The van der Waals surface area contributed by atoms with Crippen LogP contribution in [0.3, 0.4) is 0 Å². The van der Waals surface area contributed by atoms with Gasteiger partial charge >= 0.3 is 0 Å². The number of carbonyl (C=O) groups is 1. The molecule has 1 saturated carbocycles. The van der Waals surface area contributed by atoms with E-state index >= 15 is 0 Å². The Hall–Kier alpha value is -0.610. The van der Waals surface area contributed by atoms with Gasteiger partial charge in [-0.3, -0.25) is 4.79 Å². The highest BCUT2D eigenvalue weighted by Gasteiger charge is 2.29.